The highest BCUT2D eigenvalue weighted by Gasteiger charge is 2.37. The van der Waals surface area contributed by atoms with Crippen molar-refractivity contribution in [2.75, 3.05) is 0 Å². The van der Waals surface area contributed by atoms with Crippen LogP contribution in [0.4, 0.5) is 0 Å². The predicted molar refractivity (Wildman–Crippen MR) is 64.9 cm³/mol. The first-order chi connectivity index (χ1) is 7.68. The third-order valence-corrected chi connectivity index (χ3v) is 4.57. The van der Waals surface area contributed by atoms with Crippen LogP contribution < -0.4 is 0 Å². The van der Waals surface area contributed by atoms with Crippen LogP contribution in [0.1, 0.15) is 70.6 Å². The Morgan fingerprint density at radius 2 is 1.25 bits per heavy atom. The van der Waals surface area contributed by atoms with E-state index >= 15 is 0 Å². The Kier molecular flexibility index (Phi) is 4.26. The standard InChI is InChI=1S/C14H26O2/c15-14(16,13-9-5-2-6-10-13)11-12-7-3-1-4-8-12/h12-13,15-16H,1-11H2. The molecule has 0 aromatic heterocycles. The molecule has 0 saturated heterocycles. The Balaban J connectivity index is 1.84. The largest absolute Gasteiger partial charge is 0.365 e. The first-order valence-electron chi connectivity index (χ1n) is 7.13. The molecule has 2 rings (SSSR count). The van der Waals surface area contributed by atoms with Gasteiger partial charge in [-0.2, -0.15) is 0 Å². The molecule has 0 aliphatic heterocycles. The van der Waals surface area contributed by atoms with Gasteiger partial charge in [-0.25, -0.2) is 0 Å². The third kappa shape index (κ3) is 3.21. The zero-order chi connectivity index (χ0) is 11.4. The Hall–Kier alpha value is -0.0800. The van der Waals surface area contributed by atoms with Gasteiger partial charge in [0.15, 0.2) is 5.79 Å². The first kappa shape index (κ1) is 12.4. The van der Waals surface area contributed by atoms with Crippen LogP contribution in [0.15, 0.2) is 0 Å². The van der Waals surface area contributed by atoms with E-state index in [9.17, 15) is 10.2 Å². The van der Waals surface area contributed by atoms with E-state index in [1.165, 1.54) is 51.4 Å². The zero-order valence-electron chi connectivity index (χ0n) is 10.3. The average molecular weight is 226 g/mol. The van der Waals surface area contributed by atoms with Gasteiger partial charge in [-0.15, -0.1) is 0 Å². The predicted octanol–water partition coefficient (Wildman–Crippen LogP) is 3.22. The fourth-order valence-electron chi connectivity index (χ4n) is 3.55. The van der Waals surface area contributed by atoms with Crippen molar-refractivity contribution in [3.05, 3.63) is 0 Å². The molecule has 2 heteroatoms. The van der Waals surface area contributed by atoms with E-state index in [2.05, 4.69) is 0 Å². The summed E-state index contributed by atoms with van der Waals surface area (Å²) >= 11 is 0. The molecule has 2 aliphatic carbocycles. The number of aliphatic hydroxyl groups is 2. The normalized spacial score (nSPS) is 25.9. The Bertz CT molecular complexity index is 201. The summed E-state index contributed by atoms with van der Waals surface area (Å²) in [6.45, 7) is 0. The average Bonchev–Trinajstić information content (AvgIpc) is 2.31. The van der Waals surface area contributed by atoms with Gasteiger partial charge in [0, 0.05) is 12.3 Å². The minimum absolute atomic E-state index is 0.142. The van der Waals surface area contributed by atoms with Gasteiger partial charge in [0.2, 0.25) is 0 Å². The molecule has 2 fully saturated rings. The summed E-state index contributed by atoms with van der Waals surface area (Å²) in [5.74, 6) is -0.670. The van der Waals surface area contributed by atoms with E-state index in [-0.39, 0.29) is 5.92 Å². The van der Waals surface area contributed by atoms with Crippen molar-refractivity contribution in [3.8, 4) is 0 Å². The molecule has 0 amide bonds. The van der Waals surface area contributed by atoms with Gasteiger partial charge in [0.05, 0.1) is 0 Å². The Morgan fingerprint density at radius 1 is 0.750 bits per heavy atom. The van der Waals surface area contributed by atoms with Crippen molar-refractivity contribution in [1.29, 1.82) is 0 Å². The molecule has 2 nitrogen and oxygen atoms in total. The van der Waals surface area contributed by atoms with E-state index < -0.39 is 5.79 Å². The summed E-state index contributed by atoms with van der Waals surface area (Å²) in [5.41, 5.74) is 0. The molecule has 16 heavy (non-hydrogen) atoms. The van der Waals surface area contributed by atoms with Crippen molar-refractivity contribution >= 4 is 0 Å². The van der Waals surface area contributed by atoms with E-state index in [1.54, 1.807) is 0 Å². The molecule has 2 aliphatic rings. The summed E-state index contributed by atoms with van der Waals surface area (Å²) in [7, 11) is 0. The Labute approximate surface area is 99.1 Å². The molecule has 0 heterocycles. The van der Waals surface area contributed by atoms with Gasteiger partial charge in [-0.3, -0.25) is 0 Å². The van der Waals surface area contributed by atoms with E-state index in [0.29, 0.717) is 12.3 Å². The lowest BCUT2D eigenvalue weighted by atomic mass is 9.76. The maximum Gasteiger partial charge on any atom is 0.165 e. The highest BCUT2D eigenvalue weighted by molar-refractivity contribution is 4.82. The van der Waals surface area contributed by atoms with Crippen LogP contribution in [-0.2, 0) is 0 Å². The molecule has 0 bridgehead atoms. The highest BCUT2D eigenvalue weighted by atomic mass is 16.5. The summed E-state index contributed by atoms with van der Waals surface area (Å²) < 4.78 is 0. The smallest absolute Gasteiger partial charge is 0.165 e. The maximum absolute atomic E-state index is 10.2. The molecular weight excluding hydrogens is 200 g/mol. The van der Waals surface area contributed by atoms with Gasteiger partial charge < -0.3 is 10.2 Å². The van der Waals surface area contributed by atoms with Crippen LogP contribution in [0.2, 0.25) is 0 Å². The SMILES string of the molecule is OC(O)(CC1CCCCC1)C1CCCCC1. The van der Waals surface area contributed by atoms with E-state index in [1.807, 2.05) is 0 Å². The van der Waals surface area contributed by atoms with Crippen molar-refractivity contribution in [2.24, 2.45) is 11.8 Å². The van der Waals surface area contributed by atoms with Crippen LogP contribution in [-0.4, -0.2) is 16.0 Å². The maximum atomic E-state index is 10.2. The quantitative estimate of drug-likeness (QED) is 0.725. The zero-order valence-corrected chi connectivity index (χ0v) is 10.3. The topological polar surface area (TPSA) is 40.5 Å². The second-order valence-corrected chi connectivity index (χ2v) is 5.92. The molecular formula is C14H26O2. The lowest BCUT2D eigenvalue weighted by molar-refractivity contribution is -0.219. The van der Waals surface area contributed by atoms with Gasteiger partial charge in [-0.1, -0.05) is 51.4 Å². The molecule has 0 unspecified atom stereocenters. The molecule has 0 radical (unpaired) electrons. The van der Waals surface area contributed by atoms with Crippen molar-refractivity contribution in [2.45, 2.75) is 76.4 Å². The summed E-state index contributed by atoms with van der Waals surface area (Å²) in [4.78, 5) is 0. The van der Waals surface area contributed by atoms with Crippen LogP contribution in [0, 0.1) is 11.8 Å². The number of hydrogen-bond donors (Lipinski definition) is 2. The molecule has 0 aromatic rings. The third-order valence-electron chi connectivity index (χ3n) is 4.57. The number of hydrogen-bond acceptors (Lipinski definition) is 2. The fourth-order valence-corrected chi connectivity index (χ4v) is 3.55. The van der Waals surface area contributed by atoms with Gasteiger partial charge in [0.25, 0.3) is 0 Å². The molecule has 2 saturated carbocycles. The van der Waals surface area contributed by atoms with E-state index in [0.717, 1.165) is 12.8 Å². The van der Waals surface area contributed by atoms with Crippen LogP contribution >= 0.6 is 0 Å². The van der Waals surface area contributed by atoms with Crippen LogP contribution in [0.3, 0.4) is 0 Å². The second-order valence-electron chi connectivity index (χ2n) is 5.92. The molecule has 0 atom stereocenters. The summed E-state index contributed by atoms with van der Waals surface area (Å²) in [6, 6.07) is 0. The lowest BCUT2D eigenvalue weighted by Gasteiger charge is -2.37. The first-order valence-corrected chi connectivity index (χ1v) is 7.13. The van der Waals surface area contributed by atoms with Crippen molar-refractivity contribution < 1.29 is 10.2 Å². The van der Waals surface area contributed by atoms with Gasteiger partial charge in [-0.05, 0) is 18.8 Å². The van der Waals surface area contributed by atoms with Crippen molar-refractivity contribution in [1.82, 2.24) is 0 Å². The monoisotopic (exact) mass is 226 g/mol. The van der Waals surface area contributed by atoms with Crippen molar-refractivity contribution in [3.63, 3.8) is 0 Å². The molecule has 0 spiro atoms. The molecule has 0 aromatic carbocycles. The highest BCUT2D eigenvalue weighted by Crippen LogP contribution is 2.38. The molecule has 94 valence electrons. The minimum atomic E-state index is -1.37. The fraction of sp³-hybridized carbons (Fsp3) is 1.00. The summed E-state index contributed by atoms with van der Waals surface area (Å²) in [6.07, 6.45) is 12.6. The molecule has 2 N–H and O–H groups in total. The van der Waals surface area contributed by atoms with Gasteiger partial charge in [0.1, 0.15) is 0 Å². The van der Waals surface area contributed by atoms with Gasteiger partial charge >= 0.3 is 0 Å². The van der Waals surface area contributed by atoms with E-state index in [4.69, 9.17) is 0 Å². The van der Waals surface area contributed by atoms with Crippen LogP contribution in [0.5, 0.6) is 0 Å². The minimum Gasteiger partial charge on any atom is -0.365 e. The number of rotatable bonds is 3. The lowest BCUT2D eigenvalue weighted by Crippen LogP contribution is -2.41. The van der Waals surface area contributed by atoms with Crippen LogP contribution in [0.25, 0.3) is 0 Å². The second kappa shape index (κ2) is 5.50. The summed E-state index contributed by atoms with van der Waals surface area (Å²) in [5, 5.41) is 20.5. The Morgan fingerprint density at radius 3 is 1.81 bits per heavy atom.